The molecule has 0 heterocycles. The van der Waals surface area contributed by atoms with Gasteiger partial charge in [-0.25, -0.2) is 0 Å². The molecule has 0 bridgehead atoms. The molecule has 1 radical (unpaired) electrons. The van der Waals surface area contributed by atoms with Gasteiger partial charge in [-0.05, 0) is 0 Å². The van der Waals surface area contributed by atoms with Crippen LogP contribution in [0.3, 0.4) is 0 Å². The van der Waals surface area contributed by atoms with Crippen molar-refractivity contribution in [2.75, 3.05) is 0 Å². The standard InChI is InChI=1S/Cu.In.H2O7Se2/c;;1-8(2,3)7-9(4,5)6/h;;(H,1,2,3)(H,4,5,6)/q+2;+3;/p-2. The maximum Gasteiger partial charge on any atom is 3.00 e. The van der Waals surface area contributed by atoms with Crippen molar-refractivity contribution in [3.8, 4) is 0 Å². The van der Waals surface area contributed by atoms with Crippen molar-refractivity contribution in [2.24, 2.45) is 0 Å². The van der Waals surface area contributed by atoms with E-state index < -0.39 is 26.7 Å². The zero-order valence-electron chi connectivity index (χ0n) is 4.55. The van der Waals surface area contributed by atoms with E-state index in [1.807, 2.05) is 0 Å². The molecule has 0 aliphatic rings. The van der Waals surface area contributed by atoms with Crippen LogP contribution in [0.1, 0.15) is 0 Å². The largest absolute Gasteiger partial charge is 3.00 e. The van der Waals surface area contributed by atoms with Gasteiger partial charge in [0.1, 0.15) is 0 Å². The average Bonchev–Trinajstić information content (AvgIpc) is 1.14. The van der Waals surface area contributed by atoms with Crippen LogP contribution in [0.5, 0.6) is 0 Å². The molecule has 7 nitrogen and oxygen atoms in total. The second-order valence-corrected chi connectivity index (χ2v) is 6.08. The molecule has 11 heavy (non-hydrogen) atoms. The van der Waals surface area contributed by atoms with Crippen molar-refractivity contribution in [1.29, 1.82) is 0 Å². The van der Waals surface area contributed by atoms with Crippen molar-refractivity contribution >= 4 is 52.6 Å². The zero-order valence-corrected chi connectivity index (χ0v) is 12.2. The van der Waals surface area contributed by atoms with Gasteiger partial charge in [-0.15, -0.1) is 0 Å². The van der Waals surface area contributed by atoms with E-state index in [0.717, 1.165) is 0 Å². The molecule has 0 saturated carbocycles. The van der Waals surface area contributed by atoms with Gasteiger partial charge >= 0.3 is 96.3 Å². The van der Waals surface area contributed by atoms with Gasteiger partial charge < -0.3 is 0 Å². The fourth-order valence-electron chi connectivity index (χ4n) is 0.102. The minimum atomic E-state index is -6.07. The predicted octanol–water partition coefficient (Wildman–Crippen LogP) is -4.07. The fraction of sp³-hybridized carbons (Fsp3) is 0. The third kappa shape index (κ3) is 18.5. The van der Waals surface area contributed by atoms with Crippen LogP contribution >= 0.6 is 0 Å². The number of rotatable bonds is 2. The molecule has 0 aromatic carbocycles. The molecule has 0 saturated heterocycles. The van der Waals surface area contributed by atoms with Crippen LogP contribution in [0.2, 0.25) is 0 Å². The summed E-state index contributed by atoms with van der Waals surface area (Å²) in [6.07, 6.45) is 0. The van der Waals surface area contributed by atoms with E-state index in [4.69, 9.17) is 0 Å². The summed E-state index contributed by atoms with van der Waals surface area (Å²) in [6.45, 7) is 0. The van der Waals surface area contributed by atoms with Crippen LogP contribution in [0, 0.1) is 0 Å². The molecule has 0 aliphatic heterocycles. The molecular weight excluding hydrogens is 448 g/mol. The van der Waals surface area contributed by atoms with E-state index in [1.54, 1.807) is 0 Å². The van der Waals surface area contributed by atoms with Crippen molar-refractivity contribution in [2.45, 2.75) is 0 Å². The monoisotopic (exact) mass is 450 g/mol. The Morgan fingerprint density at radius 1 is 0.909 bits per heavy atom. The van der Waals surface area contributed by atoms with E-state index in [0.29, 0.717) is 0 Å². The van der Waals surface area contributed by atoms with Crippen LogP contribution < -0.4 is 8.38 Å². The van der Waals surface area contributed by atoms with Crippen molar-refractivity contribution in [1.82, 2.24) is 0 Å². The summed E-state index contributed by atoms with van der Waals surface area (Å²) >= 11 is -12.1. The molecule has 0 aromatic rings. The van der Waals surface area contributed by atoms with Crippen molar-refractivity contribution in [3.63, 3.8) is 0 Å². The quantitative estimate of drug-likeness (QED) is 0.394. The maximum absolute atomic E-state index is 9.38. The summed E-state index contributed by atoms with van der Waals surface area (Å²) in [4.78, 5) is 0. The van der Waals surface area contributed by atoms with Crippen molar-refractivity contribution in [3.05, 3.63) is 0 Å². The summed E-state index contributed by atoms with van der Waals surface area (Å²) in [6, 6.07) is 0. The van der Waals surface area contributed by atoms with Gasteiger partial charge in [0.2, 0.25) is 0 Å². The Hall–Kier alpha value is 1.51. The number of hydrogen-bond acceptors (Lipinski definition) is 7. The SMILES string of the molecule is O=[Se](=O)([O-])O[Se](=O)(=O)[O-].[Cu+2].[In+3]. The Bertz CT molecular complexity index is 242. The van der Waals surface area contributed by atoms with Crippen LogP contribution in [-0.2, 0) is 35.3 Å². The second kappa shape index (κ2) is 6.04. The second-order valence-electron chi connectivity index (χ2n) is 0.885. The predicted molar refractivity (Wildman–Crippen MR) is 21.1 cm³/mol. The van der Waals surface area contributed by atoms with Crippen LogP contribution in [0.15, 0.2) is 0 Å². The third-order valence-corrected chi connectivity index (χ3v) is 4.50. The zero-order chi connectivity index (χ0) is 7.71. The van der Waals surface area contributed by atoms with Gasteiger partial charge in [-0.1, -0.05) is 0 Å². The van der Waals surface area contributed by atoms with Gasteiger partial charge in [0, 0.05) is 0 Å². The molecule has 0 aromatic heterocycles. The van der Waals surface area contributed by atoms with E-state index in [-0.39, 0.29) is 42.9 Å². The van der Waals surface area contributed by atoms with E-state index >= 15 is 0 Å². The Kier molecular flexibility index (Phi) is 10.1. The topological polar surface area (TPSA) is 124 Å². The minimum Gasteiger partial charge on any atom is 2.00 e. The maximum atomic E-state index is 9.38. The molecule has 0 aliphatic carbocycles. The molecule has 0 fully saturated rings. The van der Waals surface area contributed by atoms with E-state index in [2.05, 4.69) is 2.90 Å². The van der Waals surface area contributed by atoms with Crippen LogP contribution in [0.4, 0.5) is 0 Å². The first-order valence-corrected chi connectivity index (χ1v) is 6.93. The first-order valence-electron chi connectivity index (χ1n) is 1.33. The van der Waals surface area contributed by atoms with Crippen LogP contribution in [-0.4, -0.2) is 52.6 Å². The van der Waals surface area contributed by atoms with Gasteiger partial charge in [0.05, 0.1) is 0 Å². The third-order valence-electron chi connectivity index (χ3n) is 0.167. The number of hydrogen-bond donors (Lipinski definition) is 0. The summed E-state index contributed by atoms with van der Waals surface area (Å²) in [5, 5.41) is 0. The average molecular weight is 448 g/mol. The molecular formula is CuInO7Se2+3. The summed E-state index contributed by atoms with van der Waals surface area (Å²) in [7, 11) is 0. The van der Waals surface area contributed by atoms with E-state index in [1.165, 1.54) is 0 Å². The smallest absolute Gasteiger partial charge is 2.00 e. The molecule has 0 rings (SSSR count). The normalized spacial score (nSPS) is 11.1. The van der Waals surface area contributed by atoms with Crippen LogP contribution in [0.25, 0.3) is 0 Å². The molecule has 0 spiro atoms. The molecule has 65 valence electrons. The Balaban J connectivity index is -0.000000320. The summed E-state index contributed by atoms with van der Waals surface area (Å²) in [5.41, 5.74) is 0. The van der Waals surface area contributed by atoms with Gasteiger partial charge in [-0.2, -0.15) is 0 Å². The molecule has 11 heteroatoms. The molecule has 0 atom stereocenters. The Morgan fingerprint density at radius 3 is 1.09 bits per heavy atom. The van der Waals surface area contributed by atoms with Gasteiger partial charge in [0.25, 0.3) is 0 Å². The molecule has 0 unspecified atom stereocenters. The van der Waals surface area contributed by atoms with Gasteiger partial charge in [0.15, 0.2) is 0 Å². The first kappa shape index (κ1) is 18.3. The fourth-order valence-corrected chi connectivity index (χ4v) is 2.76. The Morgan fingerprint density at radius 2 is 1.09 bits per heavy atom. The Labute approximate surface area is 95.3 Å². The molecule has 0 amide bonds. The van der Waals surface area contributed by atoms with Crippen molar-refractivity contribution < 1.29 is 43.7 Å². The summed E-state index contributed by atoms with van der Waals surface area (Å²) in [5.74, 6) is 0. The molecule has 0 N–H and O–H groups in total. The van der Waals surface area contributed by atoms with Gasteiger partial charge in [-0.3, -0.25) is 0 Å². The minimum absolute atomic E-state index is 0. The van der Waals surface area contributed by atoms with E-state index in [9.17, 15) is 23.7 Å². The first-order chi connectivity index (χ1) is 3.71. The summed E-state index contributed by atoms with van der Waals surface area (Å²) < 4.78 is 58.9.